The van der Waals surface area contributed by atoms with Crippen LogP contribution < -0.4 is 5.32 Å². The Morgan fingerprint density at radius 3 is 2.41 bits per heavy atom. The smallest absolute Gasteiger partial charge is 0.329 e. The van der Waals surface area contributed by atoms with E-state index in [4.69, 9.17) is 4.74 Å². The maximum Gasteiger partial charge on any atom is 0.329 e. The molecule has 34 heavy (non-hydrogen) atoms. The van der Waals surface area contributed by atoms with E-state index in [1.54, 1.807) is 11.0 Å². The van der Waals surface area contributed by atoms with Gasteiger partial charge in [-0.05, 0) is 87.7 Å². The summed E-state index contributed by atoms with van der Waals surface area (Å²) in [6.45, 7) is 2.30. The molecule has 1 atom stereocenters. The lowest BCUT2D eigenvalue weighted by Crippen LogP contribution is -2.56. The fraction of sp³-hybridized carbons (Fsp3) is 0.692. The van der Waals surface area contributed by atoms with Crippen molar-refractivity contribution in [3.63, 3.8) is 0 Å². The summed E-state index contributed by atoms with van der Waals surface area (Å²) in [5.74, 6) is 1.42. The fourth-order valence-electron chi connectivity index (χ4n) is 7.26. The Kier molecular flexibility index (Phi) is 6.53. The topological polar surface area (TPSA) is 92.8 Å². The molecular weight excluding hydrogens is 452 g/mol. The van der Waals surface area contributed by atoms with Gasteiger partial charge in [0.2, 0.25) is 17.6 Å². The number of thiophene rings is 1. The van der Waals surface area contributed by atoms with E-state index in [0.717, 1.165) is 30.6 Å². The first-order chi connectivity index (χ1) is 16.3. The van der Waals surface area contributed by atoms with Gasteiger partial charge >= 0.3 is 5.97 Å². The van der Waals surface area contributed by atoms with Crippen LogP contribution in [-0.2, 0) is 25.5 Å². The number of hydrogen-bond donors (Lipinski definition) is 1. The van der Waals surface area contributed by atoms with Gasteiger partial charge in [-0.2, -0.15) is 0 Å². The molecule has 1 aromatic rings. The van der Waals surface area contributed by atoms with Gasteiger partial charge in [-0.25, -0.2) is 4.79 Å². The van der Waals surface area contributed by atoms with Crippen molar-refractivity contribution < 1.29 is 23.9 Å². The number of ketones is 1. The van der Waals surface area contributed by atoms with Crippen LogP contribution in [0.25, 0.3) is 0 Å². The van der Waals surface area contributed by atoms with Crippen LogP contribution in [0.5, 0.6) is 0 Å². The highest BCUT2D eigenvalue weighted by molar-refractivity contribution is 7.14. The molecule has 8 heteroatoms. The number of carbonyl (C=O) groups excluding carboxylic acids is 4. The van der Waals surface area contributed by atoms with Crippen LogP contribution in [0.3, 0.4) is 0 Å². The standard InChI is InChI=1S/C26H34N2O5S/c1-16(29)27-7-6-20-4-5-23(34-20)22(30)15-33-24(31)21-3-2-8-28(21)25(32)26-12-17-9-18(13-26)11-19(10-17)14-26/h4-5,17-19,21H,2-3,6-15H2,1H3,(H,27,29). The first-order valence-electron chi connectivity index (χ1n) is 12.7. The molecule has 1 saturated heterocycles. The number of ether oxygens (including phenoxy) is 1. The Hall–Kier alpha value is -2.22. The summed E-state index contributed by atoms with van der Waals surface area (Å²) in [5.41, 5.74) is -0.266. The van der Waals surface area contributed by atoms with Gasteiger partial charge in [0.1, 0.15) is 6.04 Å². The van der Waals surface area contributed by atoms with Crippen LogP contribution in [-0.4, -0.2) is 54.2 Å². The van der Waals surface area contributed by atoms with Crippen molar-refractivity contribution in [3.05, 3.63) is 21.9 Å². The third kappa shape index (κ3) is 4.66. The maximum absolute atomic E-state index is 13.7. The van der Waals surface area contributed by atoms with E-state index in [0.29, 0.717) is 48.6 Å². The number of nitrogens with zero attached hydrogens (tertiary/aromatic N) is 1. The summed E-state index contributed by atoms with van der Waals surface area (Å²) in [7, 11) is 0. The number of amides is 2. The Labute approximate surface area is 204 Å². The number of rotatable bonds is 8. The normalized spacial score (nSPS) is 31.5. The number of hydrogen-bond acceptors (Lipinski definition) is 6. The second-order valence-electron chi connectivity index (χ2n) is 10.9. The summed E-state index contributed by atoms with van der Waals surface area (Å²) in [4.78, 5) is 53.6. The summed E-state index contributed by atoms with van der Waals surface area (Å²) < 4.78 is 5.43. The molecular formula is C26H34N2O5S. The minimum absolute atomic E-state index is 0.0811. The van der Waals surface area contributed by atoms with Crippen molar-refractivity contribution >= 4 is 34.9 Å². The summed E-state index contributed by atoms with van der Waals surface area (Å²) in [6.07, 6.45) is 8.84. The van der Waals surface area contributed by atoms with Crippen molar-refractivity contribution in [3.8, 4) is 0 Å². The molecule has 0 aromatic carbocycles. The molecule has 184 valence electrons. The van der Waals surface area contributed by atoms with E-state index in [1.807, 2.05) is 6.07 Å². The first kappa shape index (κ1) is 23.5. The number of nitrogens with one attached hydrogen (secondary N) is 1. The van der Waals surface area contributed by atoms with E-state index in [1.165, 1.54) is 37.5 Å². The predicted octanol–water partition coefficient (Wildman–Crippen LogP) is 3.36. The van der Waals surface area contributed by atoms with E-state index < -0.39 is 12.0 Å². The lowest BCUT2D eigenvalue weighted by molar-refractivity contribution is -0.165. The number of likely N-dealkylation sites (tertiary alicyclic amines) is 1. The van der Waals surface area contributed by atoms with Gasteiger partial charge in [-0.1, -0.05) is 0 Å². The molecule has 1 aliphatic heterocycles. The van der Waals surface area contributed by atoms with Crippen LogP contribution >= 0.6 is 11.3 Å². The Morgan fingerprint density at radius 1 is 1.09 bits per heavy atom. The zero-order valence-corrected chi connectivity index (χ0v) is 20.7. The molecule has 0 radical (unpaired) electrons. The number of Topliss-reactive ketones (excluding diaryl/α,β-unsaturated/α-hetero) is 1. The van der Waals surface area contributed by atoms with Crippen molar-refractivity contribution in [2.24, 2.45) is 23.2 Å². The van der Waals surface area contributed by atoms with Gasteiger partial charge in [0, 0.05) is 24.9 Å². The van der Waals surface area contributed by atoms with Crippen LogP contribution in [0.15, 0.2) is 12.1 Å². The molecule has 1 unspecified atom stereocenters. The average molecular weight is 487 g/mol. The first-order valence-corrected chi connectivity index (χ1v) is 13.5. The molecule has 1 N–H and O–H groups in total. The molecule has 4 aliphatic carbocycles. The van der Waals surface area contributed by atoms with Crippen LogP contribution in [0.1, 0.15) is 72.8 Å². The molecule has 5 fully saturated rings. The van der Waals surface area contributed by atoms with Crippen LogP contribution in [0.4, 0.5) is 0 Å². The fourth-order valence-corrected chi connectivity index (χ4v) is 8.19. The van der Waals surface area contributed by atoms with Gasteiger partial charge in [0.05, 0.1) is 10.3 Å². The monoisotopic (exact) mass is 486 g/mol. The molecule has 4 saturated carbocycles. The zero-order chi connectivity index (χ0) is 23.9. The van der Waals surface area contributed by atoms with Gasteiger partial charge in [0.15, 0.2) is 6.61 Å². The quantitative estimate of drug-likeness (QED) is 0.449. The van der Waals surface area contributed by atoms with E-state index in [9.17, 15) is 19.2 Å². The van der Waals surface area contributed by atoms with E-state index in [-0.39, 0.29) is 29.6 Å². The predicted molar refractivity (Wildman–Crippen MR) is 127 cm³/mol. The molecule has 1 aromatic heterocycles. The minimum Gasteiger partial charge on any atom is -0.456 e. The van der Waals surface area contributed by atoms with Gasteiger partial charge < -0.3 is 15.0 Å². The summed E-state index contributed by atoms with van der Waals surface area (Å²) >= 11 is 1.36. The lowest BCUT2D eigenvalue weighted by atomic mass is 9.49. The lowest BCUT2D eigenvalue weighted by Gasteiger charge is -2.56. The second-order valence-corrected chi connectivity index (χ2v) is 12.1. The Morgan fingerprint density at radius 2 is 1.76 bits per heavy atom. The van der Waals surface area contributed by atoms with Crippen molar-refractivity contribution in [2.75, 3.05) is 19.7 Å². The molecule has 2 amide bonds. The molecule has 5 aliphatic rings. The molecule has 7 nitrogen and oxygen atoms in total. The molecule has 6 rings (SSSR count). The third-order valence-electron chi connectivity index (χ3n) is 8.30. The highest BCUT2D eigenvalue weighted by atomic mass is 32.1. The van der Waals surface area contributed by atoms with Gasteiger partial charge in [-0.3, -0.25) is 14.4 Å². The molecule has 4 bridgehead atoms. The maximum atomic E-state index is 13.7. The third-order valence-corrected chi connectivity index (χ3v) is 9.49. The van der Waals surface area contributed by atoms with Crippen molar-refractivity contribution in [1.82, 2.24) is 10.2 Å². The number of carbonyl (C=O) groups is 4. The Balaban J connectivity index is 1.16. The minimum atomic E-state index is -0.565. The van der Waals surface area contributed by atoms with Crippen LogP contribution in [0.2, 0.25) is 0 Å². The Bertz CT molecular complexity index is 950. The van der Waals surface area contributed by atoms with E-state index >= 15 is 0 Å². The van der Waals surface area contributed by atoms with Crippen molar-refractivity contribution in [2.45, 2.75) is 70.8 Å². The second kappa shape index (κ2) is 9.44. The zero-order valence-electron chi connectivity index (χ0n) is 19.8. The number of esters is 1. The molecule has 2 heterocycles. The largest absolute Gasteiger partial charge is 0.456 e. The van der Waals surface area contributed by atoms with E-state index in [2.05, 4.69) is 5.32 Å². The SMILES string of the molecule is CC(=O)NCCc1ccc(C(=O)COC(=O)C2CCCN2C(=O)C23CC4CC(CC(C4)C2)C3)s1. The summed E-state index contributed by atoms with van der Waals surface area (Å²) in [6, 6.07) is 3.04. The van der Waals surface area contributed by atoms with Crippen molar-refractivity contribution in [1.29, 1.82) is 0 Å². The highest BCUT2D eigenvalue weighted by Gasteiger charge is 2.57. The average Bonchev–Trinajstić information content (AvgIpc) is 3.45. The van der Waals surface area contributed by atoms with Crippen LogP contribution in [0, 0.1) is 23.2 Å². The van der Waals surface area contributed by atoms with Gasteiger partial charge in [-0.15, -0.1) is 11.3 Å². The highest BCUT2D eigenvalue weighted by Crippen LogP contribution is 2.60. The van der Waals surface area contributed by atoms with Gasteiger partial charge in [0.25, 0.3) is 0 Å². The summed E-state index contributed by atoms with van der Waals surface area (Å²) in [5, 5.41) is 2.74. The molecule has 0 spiro atoms.